The lowest BCUT2D eigenvalue weighted by Crippen LogP contribution is -2.18. The molecular formula is C10H18N4O. The molecule has 5 nitrogen and oxygen atoms in total. The van der Waals surface area contributed by atoms with Crippen molar-refractivity contribution in [3.05, 3.63) is 18.2 Å². The molecule has 0 fully saturated rings. The van der Waals surface area contributed by atoms with Crippen molar-refractivity contribution in [2.45, 2.75) is 25.8 Å². The molecule has 0 aliphatic rings. The van der Waals surface area contributed by atoms with Crippen LogP contribution in [0.25, 0.3) is 0 Å². The molecule has 0 aliphatic carbocycles. The van der Waals surface area contributed by atoms with Gasteiger partial charge in [0, 0.05) is 25.9 Å². The van der Waals surface area contributed by atoms with Gasteiger partial charge in [0.15, 0.2) is 0 Å². The van der Waals surface area contributed by atoms with E-state index in [0.29, 0.717) is 6.42 Å². The van der Waals surface area contributed by atoms with Gasteiger partial charge in [-0.1, -0.05) is 0 Å². The van der Waals surface area contributed by atoms with Crippen molar-refractivity contribution in [3.8, 4) is 0 Å². The van der Waals surface area contributed by atoms with Gasteiger partial charge in [-0.15, -0.1) is 0 Å². The Morgan fingerprint density at radius 2 is 2.40 bits per heavy atom. The minimum atomic E-state index is -0.223. The topological polar surface area (TPSA) is 72.9 Å². The molecule has 1 aromatic heterocycles. The van der Waals surface area contributed by atoms with E-state index in [1.54, 1.807) is 6.20 Å². The Labute approximate surface area is 89.7 Å². The number of nitrogens with two attached hydrogens (primary N) is 1. The molecule has 84 valence electrons. The lowest BCUT2D eigenvalue weighted by molar-refractivity contribution is -0.118. The van der Waals surface area contributed by atoms with Gasteiger partial charge in [0.1, 0.15) is 5.82 Å². The second-order valence-electron chi connectivity index (χ2n) is 3.55. The van der Waals surface area contributed by atoms with E-state index < -0.39 is 0 Å². The molecule has 15 heavy (non-hydrogen) atoms. The summed E-state index contributed by atoms with van der Waals surface area (Å²) in [5.74, 6) is 0.795. The third kappa shape index (κ3) is 4.60. The third-order valence-electron chi connectivity index (χ3n) is 2.23. The number of hydrogen-bond acceptors (Lipinski definition) is 3. The van der Waals surface area contributed by atoms with Crippen LogP contribution < -0.4 is 11.1 Å². The number of aryl methyl sites for hydroxylation is 1. The molecule has 5 heteroatoms. The Morgan fingerprint density at radius 3 is 3.00 bits per heavy atom. The molecule has 0 saturated heterocycles. The molecule has 3 N–H and O–H groups in total. The monoisotopic (exact) mass is 210 g/mol. The number of rotatable bonds is 7. The minimum absolute atomic E-state index is 0.223. The molecule has 0 unspecified atom stereocenters. The number of amides is 1. The lowest BCUT2D eigenvalue weighted by Gasteiger charge is -2.04. The van der Waals surface area contributed by atoms with Crippen molar-refractivity contribution in [2.24, 2.45) is 12.8 Å². The maximum absolute atomic E-state index is 10.5. The Balaban J connectivity index is 2.03. The zero-order chi connectivity index (χ0) is 11.1. The Hall–Kier alpha value is -1.36. The first kappa shape index (κ1) is 11.7. The van der Waals surface area contributed by atoms with E-state index in [1.165, 1.54) is 0 Å². The number of hydrogen-bond donors (Lipinski definition) is 2. The number of carbonyl (C=O) groups is 1. The largest absolute Gasteiger partial charge is 0.370 e. The van der Waals surface area contributed by atoms with E-state index in [0.717, 1.165) is 31.8 Å². The van der Waals surface area contributed by atoms with Crippen molar-refractivity contribution < 1.29 is 4.79 Å². The highest BCUT2D eigenvalue weighted by molar-refractivity contribution is 5.73. The average molecular weight is 210 g/mol. The molecule has 0 aromatic carbocycles. The maximum atomic E-state index is 10.5. The SMILES string of the molecule is Cn1ccnc1CNCCCCC(N)=O. The maximum Gasteiger partial charge on any atom is 0.217 e. The van der Waals surface area contributed by atoms with Gasteiger partial charge in [0.25, 0.3) is 0 Å². The fourth-order valence-electron chi connectivity index (χ4n) is 1.32. The molecule has 0 spiro atoms. The number of unbranched alkanes of at least 4 members (excludes halogenated alkanes) is 1. The smallest absolute Gasteiger partial charge is 0.217 e. The van der Waals surface area contributed by atoms with Gasteiger partial charge in [-0.2, -0.15) is 0 Å². The third-order valence-corrected chi connectivity index (χ3v) is 2.23. The molecule has 0 saturated carbocycles. The molecule has 0 bridgehead atoms. The van der Waals surface area contributed by atoms with Crippen molar-refractivity contribution >= 4 is 5.91 Å². The summed E-state index contributed by atoms with van der Waals surface area (Å²) in [7, 11) is 1.97. The molecule has 1 rings (SSSR count). The van der Waals surface area contributed by atoms with E-state index in [-0.39, 0.29) is 5.91 Å². The standard InChI is InChI=1S/C10H18N4O/c1-14-7-6-13-10(14)8-12-5-3-2-4-9(11)15/h6-7,12H,2-5,8H2,1H3,(H2,11,15). The van der Waals surface area contributed by atoms with E-state index in [1.807, 2.05) is 17.8 Å². The Bertz CT molecular complexity index is 308. The highest BCUT2D eigenvalue weighted by Gasteiger charge is 1.98. The van der Waals surface area contributed by atoms with E-state index in [2.05, 4.69) is 10.3 Å². The zero-order valence-electron chi connectivity index (χ0n) is 9.07. The predicted molar refractivity (Wildman–Crippen MR) is 58.0 cm³/mol. The van der Waals surface area contributed by atoms with Crippen LogP contribution in [0.3, 0.4) is 0 Å². The summed E-state index contributed by atoms with van der Waals surface area (Å²) in [4.78, 5) is 14.6. The van der Waals surface area contributed by atoms with Gasteiger partial charge in [0.05, 0.1) is 6.54 Å². The van der Waals surface area contributed by atoms with Crippen LogP contribution in [0.5, 0.6) is 0 Å². The summed E-state index contributed by atoms with van der Waals surface area (Å²) in [5.41, 5.74) is 5.03. The number of nitrogens with one attached hydrogen (secondary N) is 1. The zero-order valence-corrected chi connectivity index (χ0v) is 9.07. The van der Waals surface area contributed by atoms with Crippen molar-refractivity contribution in [2.75, 3.05) is 6.54 Å². The van der Waals surface area contributed by atoms with Crippen molar-refractivity contribution in [3.63, 3.8) is 0 Å². The number of primary amides is 1. The number of nitrogens with zero attached hydrogens (tertiary/aromatic N) is 2. The second kappa shape index (κ2) is 6.19. The van der Waals surface area contributed by atoms with Crippen LogP contribution in [0, 0.1) is 0 Å². The fraction of sp³-hybridized carbons (Fsp3) is 0.600. The first-order chi connectivity index (χ1) is 7.20. The van der Waals surface area contributed by atoms with E-state index in [9.17, 15) is 4.79 Å². The minimum Gasteiger partial charge on any atom is -0.370 e. The molecular weight excluding hydrogens is 192 g/mol. The summed E-state index contributed by atoms with van der Waals surface area (Å²) in [6, 6.07) is 0. The molecule has 0 atom stereocenters. The van der Waals surface area contributed by atoms with Gasteiger partial charge in [-0.05, 0) is 19.4 Å². The number of aromatic nitrogens is 2. The van der Waals surface area contributed by atoms with E-state index in [4.69, 9.17) is 5.73 Å². The van der Waals surface area contributed by atoms with Crippen molar-refractivity contribution in [1.29, 1.82) is 0 Å². The number of imidazole rings is 1. The predicted octanol–water partition coefficient (Wildman–Crippen LogP) is 0.165. The van der Waals surface area contributed by atoms with Crippen LogP contribution in [0.1, 0.15) is 25.1 Å². The van der Waals surface area contributed by atoms with Gasteiger partial charge in [0.2, 0.25) is 5.91 Å². The first-order valence-electron chi connectivity index (χ1n) is 5.15. The molecule has 0 aliphatic heterocycles. The van der Waals surface area contributed by atoms with Crippen LogP contribution >= 0.6 is 0 Å². The highest BCUT2D eigenvalue weighted by atomic mass is 16.1. The first-order valence-corrected chi connectivity index (χ1v) is 5.15. The van der Waals surface area contributed by atoms with Crippen LogP contribution in [-0.4, -0.2) is 22.0 Å². The van der Waals surface area contributed by atoms with E-state index >= 15 is 0 Å². The Kier molecular flexibility index (Phi) is 4.83. The molecule has 0 radical (unpaired) electrons. The van der Waals surface area contributed by atoms with Crippen LogP contribution in [0.2, 0.25) is 0 Å². The summed E-state index contributed by atoms with van der Waals surface area (Å²) in [6.07, 6.45) is 5.99. The molecule has 1 aromatic rings. The highest BCUT2D eigenvalue weighted by Crippen LogP contribution is 1.95. The quantitative estimate of drug-likeness (QED) is 0.630. The number of carbonyl (C=O) groups excluding carboxylic acids is 1. The van der Waals surface area contributed by atoms with Gasteiger partial charge in [-0.25, -0.2) is 4.98 Å². The lowest BCUT2D eigenvalue weighted by atomic mass is 10.2. The summed E-state index contributed by atoms with van der Waals surface area (Å²) in [6.45, 7) is 1.65. The van der Waals surface area contributed by atoms with Gasteiger partial charge < -0.3 is 15.6 Å². The normalized spacial score (nSPS) is 10.5. The Morgan fingerprint density at radius 1 is 1.60 bits per heavy atom. The second-order valence-corrected chi connectivity index (χ2v) is 3.55. The molecule has 1 heterocycles. The summed E-state index contributed by atoms with van der Waals surface area (Å²) >= 11 is 0. The average Bonchev–Trinajstić information content (AvgIpc) is 2.57. The van der Waals surface area contributed by atoms with Crippen LogP contribution in [-0.2, 0) is 18.4 Å². The van der Waals surface area contributed by atoms with Gasteiger partial charge >= 0.3 is 0 Å². The van der Waals surface area contributed by atoms with Crippen LogP contribution in [0.15, 0.2) is 12.4 Å². The molecule has 1 amide bonds. The summed E-state index contributed by atoms with van der Waals surface area (Å²) in [5, 5.41) is 3.27. The van der Waals surface area contributed by atoms with Gasteiger partial charge in [-0.3, -0.25) is 4.79 Å². The fourth-order valence-corrected chi connectivity index (χ4v) is 1.32. The van der Waals surface area contributed by atoms with Crippen molar-refractivity contribution in [1.82, 2.24) is 14.9 Å². The van der Waals surface area contributed by atoms with Crippen LogP contribution in [0.4, 0.5) is 0 Å². The summed E-state index contributed by atoms with van der Waals surface area (Å²) < 4.78 is 1.98.